The van der Waals surface area contributed by atoms with Gasteiger partial charge in [0, 0.05) is 75.6 Å². The lowest BCUT2D eigenvalue weighted by Crippen LogP contribution is -2.37. The molecule has 1 fully saturated rings. The van der Waals surface area contributed by atoms with Crippen molar-refractivity contribution < 1.29 is 70.1 Å². The zero-order valence-corrected chi connectivity index (χ0v) is 34.8. The number of aryl methyl sites for hydroxylation is 2. The molecule has 0 radical (unpaired) electrons. The number of para-hydroxylation sites is 2. The van der Waals surface area contributed by atoms with E-state index >= 15 is 0 Å². The first-order valence-corrected chi connectivity index (χ1v) is 21.3. The second-order valence-electron chi connectivity index (χ2n) is 14.0. The first-order chi connectivity index (χ1) is 29.3. The fourth-order valence-electron chi connectivity index (χ4n) is 6.67. The van der Waals surface area contributed by atoms with Crippen molar-refractivity contribution in [3.8, 4) is 5.75 Å². The molecular formula is C42H49N4O14S+. The van der Waals surface area contributed by atoms with E-state index in [2.05, 4.69) is 10.6 Å². The molecule has 0 bridgehead atoms. The summed E-state index contributed by atoms with van der Waals surface area (Å²) >= 11 is 0. The molecule has 1 aromatic heterocycles. The van der Waals surface area contributed by atoms with Crippen LogP contribution in [0.2, 0.25) is 0 Å². The third kappa shape index (κ3) is 13.1. The smallest absolute Gasteiger partial charge is 0.345 e. The molecular weight excluding hydrogens is 817 g/mol. The number of esters is 1. The first-order valence-electron chi connectivity index (χ1n) is 19.7. The number of benzene rings is 3. The molecule has 3 N–H and O–H groups in total. The number of hydrogen-bond donors (Lipinski definition) is 3. The van der Waals surface area contributed by atoms with Gasteiger partial charge in [0.2, 0.25) is 16.9 Å². The number of fused-ring (bicyclic) bond motifs is 2. The average molecular weight is 866 g/mol. The van der Waals surface area contributed by atoms with Gasteiger partial charge in [-0.2, -0.15) is 13.0 Å². The standard InChI is InChI=1S/C42H48N4O14S/c1-28-25-29(41(51)44-18-21-57-20-17-43-35(47)13-7-14-38(50)60-46-36(48)15-16-37(46)49)26-30(27-58-23-22-56-2)40(28)59-42(52)39-31-9-3-5-11-33(31)45(19-8-24-61(53,54)55)34-12-6-4-10-32(34)39/h3-6,9-12,25-26H,7-8,13-24,27H2,1-2H3,(H2-,43,44,47,51,53,54,55)/p+1. The maximum atomic E-state index is 14.3. The van der Waals surface area contributed by atoms with Gasteiger partial charge < -0.3 is 34.4 Å². The molecule has 61 heavy (non-hydrogen) atoms. The van der Waals surface area contributed by atoms with E-state index < -0.39 is 45.5 Å². The van der Waals surface area contributed by atoms with Crippen LogP contribution in [0.1, 0.15) is 70.4 Å². The van der Waals surface area contributed by atoms with E-state index in [1.807, 2.05) is 28.8 Å². The number of methoxy groups -OCH3 is 1. The Morgan fingerprint density at radius 1 is 0.820 bits per heavy atom. The number of hydroxylamine groups is 2. The number of pyridine rings is 1. The molecule has 0 unspecified atom stereocenters. The molecule has 0 spiro atoms. The van der Waals surface area contributed by atoms with E-state index in [4.69, 9.17) is 23.8 Å². The van der Waals surface area contributed by atoms with Crippen molar-refractivity contribution >= 4 is 67.5 Å². The molecule has 326 valence electrons. The number of ether oxygens (including phenoxy) is 4. The van der Waals surface area contributed by atoms with E-state index in [1.54, 1.807) is 43.3 Å². The summed E-state index contributed by atoms with van der Waals surface area (Å²) in [5, 5.41) is 7.07. The minimum atomic E-state index is -4.17. The van der Waals surface area contributed by atoms with Crippen LogP contribution in [0, 0.1) is 6.92 Å². The Morgan fingerprint density at radius 2 is 1.46 bits per heavy atom. The van der Waals surface area contributed by atoms with Crippen LogP contribution < -0.4 is 19.9 Å². The van der Waals surface area contributed by atoms with E-state index in [-0.39, 0.29) is 96.2 Å². The van der Waals surface area contributed by atoms with Crippen molar-refractivity contribution in [2.45, 2.75) is 58.6 Å². The van der Waals surface area contributed by atoms with E-state index in [0.717, 1.165) is 0 Å². The molecule has 1 saturated heterocycles. The molecule has 4 aromatic rings. The Kier molecular flexibility index (Phi) is 16.8. The summed E-state index contributed by atoms with van der Waals surface area (Å²) in [6.07, 6.45) is 0.163. The van der Waals surface area contributed by atoms with Crippen LogP contribution in [0.25, 0.3) is 21.8 Å². The summed E-state index contributed by atoms with van der Waals surface area (Å²) in [6.45, 7) is 3.15. The lowest BCUT2D eigenvalue weighted by atomic mass is 10.0. The van der Waals surface area contributed by atoms with E-state index in [1.165, 1.54) is 7.11 Å². The zero-order valence-electron chi connectivity index (χ0n) is 33.9. The molecule has 3 aromatic carbocycles. The van der Waals surface area contributed by atoms with E-state index in [9.17, 15) is 41.7 Å². The third-order valence-electron chi connectivity index (χ3n) is 9.50. The van der Waals surface area contributed by atoms with Gasteiger partial charge >= 0.3 is 11.9 Å². The van der Waals surface area contributed by atoms with Gasteiger partial charge in [0.1, 0.15) is 5.75 Å². The van der Waals surface area contributed by atoms with Gasteiger partial charge in [0.25, 0.3) is 27.8 Å². The summed E-state index contributed by atoms with van der Waals surface area (Å²) in [5.41, 5.74) is 2.85. The topological polar surface area (TPSA) is 234 Å². The van der Waals surface area contributed by atoms with Gasteiger partial charge in [-0.25, -0.2) is 9.59 Å². The van der Waals surface area contributed by atoms with E-state index in [0.29, 0.717) is 55.7 Å². The molecule has 4 amide bonds. The summed E-state index contributed by atoms with van der Waals surface area (Å²) in [7, 11) is -2.63. The van der Waals surface area contributed by atoms with Gasteiger partial charge in [-0.05, 0) is 43.2 Å². The summed E-state index contributed by atoms with van der Waals surface area (Å²) < 4.78 is 56.8. The highest BCUT2D eigenvalue weighted by atomic mass is 32.2. The maximum Gasteiger partial charge on any atom is 0.345 e. The summed E-state index contributed by atoms with van der Waals surface area (Å²) in [5.74, 6) is -3.52. The Balaban J connectivity index is 1.18. The lowest BCUT2D eigenvalue weighted by Gasteiger charge is -2.17. The quantitative estimate of drug-likeness (QED) is 0.0185. The van der Waals surface area contributed by atoms with Crippen molar-refractivity contribution in [2.75, 3.05) is 52.4 Å². The van der Waals surface area contributed by atoms with Gasteiger partial charge in [0.15, 0.2) is 6.54 Å². The van der Waals surface area contributed by atoms with Gasteiger partial charge in [-0.15, -0.1) is 5.06 Å². The maximum absolute atomic E-state index is 14.3. The van der Waals surface area contributed by atoms with Crippen molar-refractivity contribution in [1.82, 2.24) is 15.7 Å². The molecule has 0 saturated carbocycles. The van der Waals surface area contributed by atoms with Crippen LogP contribution in [-0.4, -0.2) is 106 Å². The molecule has 1 aliphatic heterocycles. The number of nitrogens with zero attached hydrogens (tertiary/aromatic N) is 2. The molecule has 18 nitrogen and oxygen atoms in total. The van der Waals surface area contributed by atoms with Crippen LogP contribution in [0.3, 0.4) is 0 Å². The second-order valence-corrected chi connectivity index (χ2v) is 15.6. The Labute approximate surface area is 352 Å². The first kappa shape index (κ1) is 46.2. The zero-order chi connectivity index (χ0) is 43.9. The van der Waals surface area contributed by atoms with Crippen molar-refractivity contribution in [3.05, 3.63) is 82.9 Å². The number of hydrogen-bond acceptors (Lipinski definition) is 13. The third-order valence-corrected chi connectivity index (χ3v) is 10.3. The predicted octanol–water partition coefficient (Wildman–Crippen LogP) is 2.89. The largest absolute Gasteiger partial charge is 0.422 e. The summed E-state index contributed by atoms with van der Waals surface area (Å²) in [6, 6.07) is 17.6. The number of aromatic nitrogens is 1. The number of carbonyl (C=O) groups excluding carboxylic acids is 6. The Bertz CT molecular complexity index is 2310. The number of carbonyl (C=O) groups is 6. The highest BCUT2D eigenvalue weighted by molar-refractivity contribution is 7.85. The monoisotopic (exact) mass is 865 g/mol. The number of imide groups is 1. The van der Waals surface area contributed by atoms with Crippen molar-refractivity contribution in [1.29, 1.82) is 0 Å². The van der Waals surface area contributed by atoms with Crippen LogP contribution in [0.15, 0.2) is 60.7 Å². The molecule has 5 rings (SSSR count). The lowest BCUT2D eigenvalue weighted by molar-refractivity contribution is -0.645. The second kappa shape index (κ2) is 22.1. The molecule has 19 heteroatoms. The molecule has 0 aliphatic carbocycles. The van der Waals surface area contributed by atoms with Crippen molar-refractivity contribution in [3.63, 3.8) is 0 Å². The van der Waals surface area contributed by atoms with Crippen molar-refractivity contribution in [2.24, 2.45) is 0 Å². The minimum Gasteiger partial charge on any atom is -0.422 e. The summed E-state index contributed by atoms with van der Waals surface area (Å²) in [4.78, 5) is 79.5. The van der Waals surface area contributed by atoms with Gasteiger partial charge in [-0.1, -0.05) is 24.3 Å². The molecule has 1 aliphatic rings. The van der Waals surface area contributed by atoms with Crippen LogP contribution in [0.4, 0.5) is 0 Å². The number of amides is 4. The SMILES string of the molecule is COCCOCc1cc(C(=O)NCCOCCNC(=O)CCCC(=O)ON2C(=O)CCC2=O)cc(C)c1OC(=O)c1c2ccccc2[n+](CCCS(=O)(=O)O)c2ccccc12. The van der Waals surface area contributed by atoms with Crippen LogP contribution in [-0.2, 0) is 61.5 Å². The fourth-order valence-corrected chi connectivity index (χ4v) is 7.17. The normalized spacial score (nSPS) is 12.9. The van der Waals surface area contributed by atoms with Gasteiger partial charge in [0.05, 0.1) is 55.1 Å². The number of rotatable bonds is 23. The Hall–Kier alpha value is -5.86. The molecule has 2 heterocycles. The molecule has 0 atom stereocenters. The average Bonchev–Trinajstić information content (AvgIpc) is 3.54. The highest BCUT2D eigenvalue weighted by Gasteiger charge is 2.33. The predicted molar refractivity (Wildman–Crippen MR) is 218 cm³/mol. The fraction of sp³-hybridized carbons (Fsp3) is 0.405. The number of nitrogens with one attached hydrogen (secondary N) is 2. The van der Waals surface area contributed by atoms with Crippen LogP contribution >= 0.6 is 0 Å². The highest BCUT2D eigenvalue weighted by Crippen LogP contribution is 2.31. The van der Waals surface area contributed by atoms with Crippen LogP contribution in [0.5, 0.6) is 5.75 Å². The van der Waals surface area contributed by atoms with Gasteiger partial charge in [-0.3, -0.25) is 23.7 Å². The Morgan fingerprint density at radius 3 is 2.10 bits per heavy atom. The minimum absolute atomic E-state index is 0.00246.